The first kappa shape index (κ1) is 20.4. The van der Waals surface area contributed by atoms with Crippen LogP contribution < -0.4 is 15.6 Å². The van der Waals surface area contributed by atoms with Crippen molar-refractivity contribution in [1.29, 1.82) is 0 Å². The van der Waals surface area contributed by atoms with Crippen molar-refractivity contribution in [2.45, 2.75) is 20.0 Å². The zero-order valence-electron chi connectivity index (χ0n) is 17.0. The normalized spacial score (nSPS) is 10.9. The monoisotopic (exact) mass is 419 g/mol. The highest BCUT2D eigenvalue weighted by molar-refractivity contribution is 5.90. The fourth-order valence-electron chi connectivity index (χ4n) is 3.47. The van der Waals surface area contributed by atoms with Gasteiger partial charge in [0.1, 0.15) is 23.6 Å². The van der Waals surface area contributed by atoms with Crippen LogP contribution in [0.15, 0.2) is 77.9 Å². The van der Waals surface area contributed by atoms with Crippen LogP contribution in [0, 0.1) is 5.82 Å². The predicted molar refractivity (Wildman–Crippen MR) is 118 cm³/mol. The van der Waals surface area contributed by atoms with Gasteiger partial charge in [0.05, 0.1) is 13.2 Å². The molecule has 2 aromatic carbocycles. The highest BCUT2D eigenvalue weighted by Gasteiger charge is 2.12. The Kier molecular flexibility index (Phi) is 5.84. The number of carbonyl (C=O) groups excluding carboxylic acids is 1. The molecule has 158 valence electrons. The molecule has 1 N–H and O–H groups in total. The number of nitrogens with one attached hydrogen (secondary N) is 1. The van der Waals surface area contributed by atoms with E-state index in [9.17, 15) is 14.0 Å². The van der Waals surface area contributed by atoms with Crippen molar-refractivity contribution >= 4 is 22.5 Å². The van der Waals surface area contributed by atoms with E-state index >= 15 is 0 Å². The molecule has 7 heteroatoms. The lowest BCUT2D eigenvalue weighted by Crippen LogP contribution is -2.28. The van der Waals surface area contributed by atoms with E-state index in [-0.39, 0.29) is 30.4 Å². The maximum atomic E-state index is 14.1. The molecule has 0 aliphatic heterocycles. The number of nitrogens with zero attached hydrogens (tertiary/aromatic N) is 2. The Morgan fingerprint density at radius 3 is 2.42 bits per heavy atom. The van der Waals surface area contributed by atoms with Crippen LogP contribution >= 0.6 is 0 Å². The number of benzene rings is 2. The summed E-state index contributed by atoms with van der Waals surface area (Å²) in [4.78, 5) is 25.5. The predicted octanol–water partition coefficient (Wildman–Crippen LogP) is 4.03. The number of hydrogen-bond acceptors (Lipinski definition) is 3. The highest BCUT2D eigenvalue weighted by atomic mass is 19.1. The molecule has 0 bridgehead atoms. The average Bonchev–Trinajstić information content (AvgIpc) is 3.17. The molecule has 0 saturated carbocycles. The Labute approximate surface area is 178 Å². The first-order valence-electron chi connectivity index (χ1n) is 9.99. The van der Waals surface area contributed by atoms with Crippen LogP contribution in [0.4, 0.5) is 10.1 Å². The summed E-state index contributed by atoms with van der Waals surface area (Å²) in [6.07, 6.45) is 3.35. The van der Waals surface area contributed by atoms with Crippen molar-refractivity contribution in [2.24, 2.45) is 0 Å². The molecule has 4 aromatic rings. The Morgan fingerprint density at radius 2 is 1.71 bits per heavy atom. The molecule has 31 heavy (non-hydrogen) atoms. The molecule has 0 radical (unpaired) electrons. The van der Waals surface area contributed by atoms with Gasteiger partial charge in [-0.3, -0.25) is 9.59 Å². The van der Waals surface area contributed by atoms with E-state index in [1.807, 2.05) is 13.0 Å². The molecule has 0 aliphatic rings. The summed E-state index contributed by atoms with van der Waals surface area (Å²) in [6.45, 7) is 2.56. The largest absolute Gasteiger partial charge is 0.494 e. The van der Waals surface area contributed by atoms with Crippen LogP contribution in [0.3, 0.4) is 0 Å². The number of halogens is 1. The Morgan fingerprint density at radius 1 is 1.00 bits per heavy atom. The smallest absolute Gasteiger partial charge is 0.275 e. The number of rotatable bonds is 7. The second-order valence-corrected chi connectivity index (χ2v) is 7.09. The first-order valence-corrected chi connectivity index (χ1v) is 9.99. The molecule has 0 saturated heterocycles. The molecule has 4 rings (SSSR count). The number of anilines is 1. The van der Waals surface area contributed by atoms with E-state index in [1.54, 1.807) is 65.5 Å². The molecule has 6 nitrogen and oxygen atoms in total. The van der Waals surface area contributed by atoms with Gasteiger partial charge < -0.3 is 19.2 Å². The van der Waals surface area contributed by atoms with Crippen LogP contribution in [0.2, 0.25) is 0 Å². The van der Waals surface area contributed by atoms with Crippen molar-refractivity contribution in [2.75, 3.05) is 11.9 Å². The number of carbonyl (C=O) groups is 1. The van der Waals surface area contributed by atoms with Gasteiger partial charge in [-0.2, -0.15) is 0 Å². The summed E-state index contributed by atoms with van der Waals surface area (Å²) >= 11 is 0. The minimum Gasteiger partial charge on any atom is -0.494 e. The second-order valence-electron chi connectivity index (χ2n) is 7.09. The van der Waals surface area contributed by atoms with Gasteiger partial charge in [0, 0.05) is 29.0 Å². The fourth-order valence-corrected chi connectivity index (χ4v) is 3.47. The average molecular weight is 419 g/mol. The van der Waals surface area contributed by atoms with Crippen LogP contribution in [-0.2, 0) is 17.9 Å². The third kappa shape index (κ3) is 4.50. The summed E-state index contributed by atoms with van der Waals surface area (Å²) in [5, 5.41) is 3.52. The molecule has 1 amide bonds. The number of fused-ring (bicyclic) bond motifs is 1. The van der Waals surface area contributed by atoms with Crippen molar-refractivity contribution in [1.82, 2.24) is 9.13 Å². The van der Waals surface area contributed by atoms with E-state index in [0.717, 1.165) is 11.1 Å². The number of hydrogen-bond donors (Lipinski definition) is 1. The topological polar surface area (TPSA) is 65.3 Å². The number of aromatic nitrogens is 2. The Bertz CT molecular complexity index is 1280. The fraction of sp³-hybridized carbons (Fsp3) is 0.167. The van der Waals surface area contributed by atoms with Gasteiger partial charge in [-0.1, -0.05) is 18.2 Å². The highest BCUT2D eigenvalue weighted by Crippen LogP contribution is 2.17. The molecule has 0 aliphatic carbocycles. The van der Waals surface area contributed by atoms with E-state index in [1.165, 1.54) is 10.6 Å². The molecule has 0 spiro atoms. The van der Waals surface area contributed by atoms with Crippen molar-refractivity contribution in [3.63, 3.8) is 0 Å². The molecule has 0 fully saturated rings. The van der Waals surface area contributed by atoms with Gasteiger partial charge in [-0.25, -0.2) is 4.39 Å². The lowest BCUT2D eigenvalue weighted by Gasteiger charge is -2.10. The Balaban J connectivity index is 1.54. The molecule has 2 heterocycles. The van der Waals surface area contributed by atoms with Gasteiger partial charge >= 0.3 is 0 Å². The molecule has 2 aromatic heterocycles. The maximum Gasteiger partial charge on any atom is 0.275 e. The van der Waals surface area contributed by atoms with Crippen molar-refractivity contribution in [3.05, 3.63) is 94.8 Å². The van der Waals surface area contributed by atoms with Crippen LogP contribution in [0.25, 0.3) is 10.9 Å². The molecule has 0 unspecified atom stereocenters. The summed E-state index contributed by atoms with van der Waals surface area (Å²) < 4.78 is 22.5. The zero-order chi connectivity index (χ0) is 21.8. The lowest BCUT2D eigenvalue weighted by molar-refractivity contribution is -0.116. The minimum absolute atomic E-state index is 0.132. The summed E-state index contributed by atoms with van der Waals surface area (Å²) in [5.41, 5.74) is 1.23. The standard InChI is InChI=1S/C24H22FN3O3/c1-2-31-20-9-7-19(8-10-20)26-22(29)16-28-14-12-17-11-13-27(23(17)24(28)30)15-18-5-3-4-6-21(18)25/h3-14H,2,15-16H2,1H3,(H,26,29). The Hall–Kier alpha value is -3.87. The van der Waals surface area contributed by atoms with Gasteiger partial charge in [0.15, 0.2) is 0 Å². The third-order valence-corrected chi connectivity index (χ3v) is 4.95. The van der Waals surface area contributed by atoms with Crippen LogP contribution in [0.1, 0.15) is 12.5 Å². The molecule has 0 atom stereocenters. The number of ether oxygens (including phenoxy) is 1. The zero-order valence-corrected chi connectivity index (χ0v) is 17.0. The number of amides is 1. The van der Waals surface area contributed by atoms with E-state index in [2.05, 4.69) is 5.32 Å². The quantitative estimate of drug-likeness (QED) is 0.492. The van der Waals surface area contributed by atoms with Crippen molar-refractivity contribution in [3.8, 4) is 5.75 Å². The summed E-state index contributed by atoms with van der Waals surface area (Å²) in [7, 11) is 0. The van der Waals surface area contributed by atoms with Gasteiger partial charge in [0.2, 0.25) is 5.91 Å². The third-order valence-electron chi connectivity index (χ3n) is 4.95. The lowest BCUT2D eigenvalue weighted by atomic mass is 10.2. The van der Waals surface area contributed by atoms with Gasteiger partial charge in [-0.15, -0.1) is 0 Å². The SMILES string of the molecule is CCOc1ccc(NC(=O)Cn2ccc3ccn(Cc4ccccc4F)c3c2=O)cc1. The maximum absolute atomic E-state index is 14.1. The van der Waals surface area contributed by atoms with Gasteiger partial charge in [0.25, 0.3) is 5.56 Å². The van der Waals surface area contributed by atoms with E-state index < -0.39 is 0 Å². The van der Waals surface area contributed by atoms with E-state index in [0.29, 0.717) is 23.4 Å². The minimum atomic E-state index is -0.324. The molecular formula is C24H22FN3O3. The second kappa shape index (κ2) is 8.87. The van der Waals surface area contributed by atoms with Gasteiger partial charge in [-0.05, 0) is 49.4 Å². The molecular weight excluding hydrogens is 397 g/mol. The van der Waals surface area contributed by atoms with Crippen LogP contribution in [0.5, 0.6) is 5.75 Å². The number of pyridine rings is 1. The van der Waals surface area contributed by atoms with E-state index in [4.69, 9.17) is 4.74 Å². The van der Waals surface area contributed by atoms with Crippen LogP contribution in [-0.4, -0.2) is 21.6 Å². The van der Waals surface area contributed by atoms with Crippen molar-refractivity contribution < 1.29 is 13.9 Å². The summed E-state index contributed by atoms with van der Waals surface area (Å²) in [6, 6.07) is 17.1. The summed E-state index contributed by atoms with van der Waals surface area (Å²) in [5.74, 6) is 0.0749. The first-order chi connectivity index (χ1) is 15.0.